The van der Waals surface area contributed by atoms with Crippen molar-refractivity contribution in [1.29, 1.82) is 0 Å². The van der Waals surface area contributed by atoms with Gasteiger partial charge in [0.1, 0.15) is 0 Å². The van der Waals surface area contributed by atoms with E-state index in [4.69, 9.17) is 16.3 Å². The number of esters is 1. The minimum absolute atomic E-state index is 0.314. The number of hydrogen-bond donors (Lipinski definition) is 1. The maximum absolute atomic E-state index is 12.3. The Morgan fingerprint density at radius 1 is 1.06 bits per heavy atom. The minimum atomic E-state index is -0.414. The monoisotopic (exact) mass is 454 g/mol. The number of benzene rings is 2. The quantitative estimate of drug-likeness (QED) is 0.456. The minimum Gasteiger partial charge on any atom is -0.465 e. The van der Waals surface area contributed by atoms with E-state index in [0.29, 0.717) is 38.5 Å². The molecule has 9 nitrogen and oxygen atoms in total. The summed E-state index contributed by atoms with van der Waals surface area (Å²) in [6, 6.07) is 13.3. The topological polar surface area (TPSA) is 112 Å². The molecule has 4 rings (SSSR count). The lowest BCUT2D eigenvalue weighted by Gasteiger charge is -2.04. The summed E-state index contributed by atoms with van der Waals surface area (Å²) in [5, 5.41) is 11.9. The molecule has 0 spiro atoms. The zero-order valence-electron chi connectivity index (χ0n) is 16.4. The third-order valence-electron chi connectivity index (χ3n) is 4.39. The van der Waals surface area contributed by atoms with E-state index in [-0.39, 0.29) is 5.91 Å². The lowest BCUT2D eigenvalue weighted by atomic mass is 10.2. The van der Waals surface area contributed by atoms with E-state index in [9.17, 15) is 9.59 Å². The van der Waals surface area contributed by atoms with Crippen molar-refractivity contribution in [1.82, 2.24) is 24.4 Å². The highest BCUT2D eigenvalue weighted by Gasteiger charge is 2.18. The summed E-state index contributed by atoms with van der Waals surface area (Å²) in [7, 11) is 1.33. The van der Waals surface area contributed by atoms with Crippen LogP contribution in [0.15, 0.2) is 48.5 Å². The van der Waals surface area contributed by atoms with Gasteiger partial charge in [-0.1, -0.05) is 16.8 Å². The van der Waals surface area contributed by atoms with Crippen LogP contribution in [-0.2, 0) is 4.74 Å². The van der Waals surface area contributed by atoms with Gasteiger partial charge in [-0.25, -0.2) is 9.48 Å². The molecule has 0 saturated heterocycles. The summed E-state index contributed by atoms with van der Waals surface area (Å²) < 4.78 is 10.6. The summed E-state index contributed by atoms with van der Waals surface area (Å²) in [5.41, 5.74) is 2.81. The van der Waals surface area contributed by atoms with Crippen molar-refractivity contribution in [2.24, 2.45) is 0 Å². The largest absolute Gasteiger partial charge is 0.465 e. The van der Waals surface area contributed by atoms with Crippen molar-refractivity contribution in [2.75, 3.05) is 12.4 Å². The van der Waals surface area contributed by atoms with Gasteiger partial charge in [-0.15, -0.1) is 5.10 Å². The first-order chi connectivity index (χ1) is 15.0. The first-order valence-electron chi connectivity index (χ1n) is 8.98. The molecule has 4 aromatic rings. The smallest absolute Gasteiger partial charge is 0.337 e. The number of rotatable bonds is 5. The van der Waals surface area contributed by atoms with Gasteiger partial charge in [-0.3, -0.25) is 10.1 Å². The highest BCUT2D eigenvalue weighted by Crippen LogP contribution is 2.24. The van der Waals surface area contributed by atoms with E-state index in [2.05, 4.69) is 25.0 Å². The van der Waals surface area contributed by atoms with Crippen LogP contribution in [0.1, 0.15) is 26.4 Å². The molecule has 0 saturated carbocycles. The second-order valence-corrected chi connectivity index (χ2v) is 7.55. The fourth-order valence-electron chi connectivity index (χ4n) is 2.78. The molecule has 0 aliphatic carbocycles. The fraction of sp³-hybridized carbons (Fsp3) is 0.100. The Bertz CT molecular complexity index is 1250. The standard InChI is InChI=1S/C20H15ClN6O3S/c1-11-16(24-26-27(11)15-9-5-13(6-10-15)19(29)30-2)17-22-20(31-25-17)23-18(28)12-3-7-14(21)8-4-12/h3-10H,1-2H3,(H,22,23,25,28). The van der Waals surface area contributed by atoms with E-state index in [1.54, 1.807) is 53.2 Å². The normalized spacial score (nSPS) is 10.7. The summed E-state index contributed by atoms with van der Waals surface area (Å²) in [5.74, 6) is -0.376. The Labute approximate surface area is 185 Å². The number of ether oxygens (including phenoxy) is 1. The van der Waals surface area contributed by atoms with Crippen molar-refractivity contribution in [3.8, 4) is 17.2 Å². The first-order valence-corrected chi connectivity index (χ1v) is 10.1. The van der Waals surface area contributed by atoms with E-state index >= 15 is 0 Å². The van der Waals surface area contributed by atoms with Crippen LogP contribution in [0.3, 0.4) is 0 Å². The van der Waals surface area contributed by atoms with Crippen LogP contribution in [0.5, 0.6) is 0 Å². The molecule has 1 amide bonds. The number of nitrogens with zero attached hydrogens (tertiary/aromatic N) is 5. The lowest BCUT2D eigenvalue weighted by Crippen LogP contribution is -2.11. The van der Waals surface area contributed by atoms with Crippen molar-refractivity contribution in [3.05, 3.63) is 70.4 Å². The molecule has 2 aromatic carbocycles. The van der Waals surface area contributed by atoms with Gasteiger partial charge in [0.2, 0.25) is 5.13 Å². The van der Waals surface area contributed by atoms with Gasteiger partial charge in [0.05, 0.1) is 24.1 Å². The lowest BCUT2D eigenvalue weighted by molar-refractivity contribution is 0.0600. The molecule has 2 heterocycles. The van der Waals surface area contributed by atoms with Gasteiger partial charge in [0, 0.05) is 22.1 Å². The molecule has 156 valence electrons. The zero-order chi connectivity index (χ0) is 22.0. The Balaban J connectivity index is 1.53. The molecule has 11 heteroatoms. The van der Waals surface area contributed by atoms with E-state index in [1.807, 2.05) is 6.92 Å². The number of hydrogen-bond acceptors (Lipinski definition) is 8. The Kier molecular flexibility index (Phi) is 5.74. The number of anilines is 1. The summed E-state index contributed by atoms with van der Waals surface area (Å²) >= 11 is 6.89. The molecule has 2 aromatic heterocycles. The number of carbonyl (C=O) groups excluding carboxylic acids is 2. The predicted molar refractivity (Wildman–Crippen MR) is 116 cm³/mol. The second kappa shape index (κ2) is 8.62. The van der Waals surface area contributed by atoms with Crippen molar-refractivity contribution in [2.45, 2.75) is 6.92 Å². The summed E-state index contributed by atoms with van der Waals surface area (Å²) in [6.07, 6.45) is 0. The summed E-state index contributed by atoms with van der Waals surface area (Å²) in [6.45, 7) is 1.83. The van der Waals surface area contributed by atoms with E-state index < -0.39 is 5.97 Å². The van der Waals surface area contributed by atoms with Gasteiger partial charge in [0.25, 0.3) is 5.91 Å². The number of halogens is 1. The predicted octanol–water partition coefficient (Wildman–Crippen LogP) is 3.79. The van der Waals surface area contributed by atoms with Crippen LogP contribution in [0.4, 0.5) is 5.13 Å². The van der Waals surface area contributed by atoms with Crippen LogP contribution in [0.25, 0.3) is 17.2 Å². The average Bonchev–Trinajstić information content (AvgIpc) is 3.40. The molecule has 31 heavy (non-hydrogen) atoms. The average molecular weight is 455 g/mol. The highest BCUT2D eigenvalue weighted by atomic mass is 35.5. The SMILES string of the molecule is COC(=O)c1ccc(-n2nnc(-c3nsc(NC(=O)c4ccc(Cl)cc4)n3)c2C)cc1. The molecule has 0 aliphatic heterocycles. The molecular formula is C20H15ClN6O3S. The van der Waals surface area contributed by atoms with Crippen LogP contribution in [0, 0.1) is 6.92 Å². The highest BCUT2D eigenvalue weighted by molar-refractivity contribution is 7.10. The molecule has 0 bridgehead atoms. The Hall–Kier alpha value is -3.63. The van der Waals surface area contributed by atoms with Crippen molar-refractivity contribution in [3.63, 3.8) is 0 Å². The molecule has 0 unspecified atom stereocenters. The Morgan fingerprint density at radius 3 is 2.42 bits per heavy atom. The van der Waals surface area contributed by atoms with Gasteiger partial charge in [-0.2, -0.15) is 9.36 Å². The van der Waals surface area contributed by atoms with Gasteiger partial charge >= 0.3 is 5.97 Å². The number of nitrogens with one attached hydrogen (secondary N) is 1. The zero-order valence-corrected chi connectivity index (χ0v) is 17.9. The number of methoxy groups -OCH3 is 1. The molecular weight excluding hydrogens is 440 g/mol. The van der Waals surface area contributed by atoms with Gasteiger partial charge in [0.15, 0.2) is 11.5 Å². The third-order valence-corrected chi connectivity index (χ3v) is 5.27. The fourth-order valence-corrected chi connectivity index (χ4v) is 3.47. The van der Waals surface area contributed by atoms with E-state index in [1.165, 1.54) is 7.11 Å². The van der Waals surface area contributed by atoms with Crippen LogP contribution in [0.2, 0.25) is 5.02 Å². The van der Waals surface area contributed by atoms with Gasteiger partial charge in [-0.05, 0) is 55.5 Å². The van der Waals surface area contributed by atoms with Crippen LogP contribution < -0.4 is 5.32 Å². The van der Waals surface area contributed by atoms with Gasteiger partial charge < -0.3 is 4.74 Å². The van der Waals surface area contributed by atoms with E-state index in [0.717, 1.165) is 17.2 Å². The second-order valence-electron chi connectivity index (χ2n) is 6.36. The number of carbonyl (C=O) groups is 2. The third kappa shape index (κ3) is 4.30. The maximum Gasteiger partial charge on any atom is 0.337 e. The molecule has 1 N–H and O–H groups in total. The molecule has 0 radical (unpaired) electrons. The molecule has 0 fully saturated rings. The summed E-state index contributed by atoms with van der Waals surface area (Å²) in [4.78, 5) is 28.3. The first kappa shape index (κ1) is 20.6. The van der Waals surface area contributed by atoms with Crippen LogP contribution >= 0.6 is 23.1 Å². The number of aromatic nitrogens is 5. The molecule has 0 atom stereocenters. The Morgan fingerprint density at radius 2 is 1.74 bits per heavy atom. The number of amides is 1. The van der Waals surface area contributed by atoms with Crippen molar-refractivity contribution < 1.29 is 14.3 Å². The van der Waals surface area contributed by atoms with Crippen LogP contribution in [-0.4, -0.2) is 43.3 Å². The van der Waals surface area contributed by atoms with Crippen molar-refractivity contribution >= 4 is 40.1 Å². The maximum atomic E-state index is 12.3. The molecule has 0 aliphatic rings.